The zero-order valence-corrected chi connectivity index (χ0v) is 18.5. The second-order valence-electron chi connectivity index (χ2n) is 8.56. The molecule has 0 aliphatic carbocycles. The fourth-order valence-electron chi connectivity index (χ4n) is 4.17. The van der Waals surface area contributed by atoms with Crippen LogP contribution in [0.15, 0.2) is 61.2 Å². The first-order chi connectivity index (χ1) is 16.3. The average Bonchev–Trinajstić information content (AvgIpc) is 2.81. The summed E-state index contributed by atoms with van der Waals surface area (Å²) < 4.78 is 78.8. The normalized spacial score (nSPS) is 18.9. The van der Waals surface area contributed by atoms with Crippen molar-refractivity contribution in [2.45, 2.75) is 38.1 Å². The van der Waals surface area contributed by atoms with E-state index in [2.05, 4.69) is 6.58 Å². The van der Waals surface area contributed by atoms with E-state index in [1.165, 1.54) is 6.07 Å². The highest BCUT2D eigenvalue weighted by atomic mass is 19.4. The van der Waals surface area contributed by atoms with Gasteiger partial charge in [0.2, 0.25) is 0 Å². The standard InChI is InChI=1S/C27H25F5O2/c1-2-3-4-18-15-33-26(34-16-18)21-10-11-22-20(14-21)9-8-19(25(22)29)7-5-17-6-12-23(24(28)13-17)27(30,31)32/h2,6,8-14,18,26H,1,3-5,7,15-16H2. The van der Waals surface area contributed by atoms with Crippen molar-refractivity contribution >= 4 is 10.8 Å². The van der Waals surface area contributed by atoms with E-state index in [9.17, 15) is 17.6 Å². The van der Waals surface area contributed by atoms with E-state index in [4.69, 9.17) is 9.47 Å². The third-order valence-electron chi connectivity index (χ3n) is 6.10. The molecule has 1 fully saturated rings. The molecule has 0 aromatic heterocycles. The number of aryl methyl sites for hydroxylation is 2. The number of hydrogen-bond donors (Lipinski definition) is 0. The van der Waals surface area contributed by atoms with Crippen molar-refractivity contribution in [1.82, 2.24) is 0 Å². The molecule has 0 N–H and O–H groups in total. The summed E-state index contributed by atoms with van der Waals surface area (Å²) in [6, 6.07) is 11.5. The molecule has 0 saturated carbocycles. The lowest BCUT2D eigenvalue weighted by atomic mass is 9.98. The first-order valence-corrected chi connectivity index (χ1v) is 11.2. The van der Waals surface area contributed by atoms with Crippen LogP contribution in [0.5, 0.6) is 0 Å². The molecule has 0 bridgehead atoms. The predicted molar refractivity (Wildman–Crippen MR) is 120 cm³/mol. The van der Waals surface area contributed by atoms with Gasteiger partial charge in [-0.05, 0) is 60.4 Å². The molecule has 1 heterocycles. The number of ether oxygens (including phenoxy) is 2. The molecule has 1 saturated heterocycles. The van der Waals surface area contributed by atoms with Crippen molar-refractivity contribution in [3.05, 3.63) is 95.1 Å². The minimum absolute atomic E-state index is 0.215. The molecular weight excluding hydrogens is 451 g/mol. The van der Waals surface area contributed by atoms with Crippen LogP contribution in [0.1, 0.15) is 41.4 Å². The Bertz CT molecular complexity index is 1160. The fourth-order valence-corrected chi connectivity index (χ4v) is 4.17. The summed E-state index contributed by atoms with van der Waals surface area (Å²) in [5, 5.41) is 1.12. The Morgan fingerprint density at radius 3 is 2.38 bits per heavy atom. The SMILES string of the molecule is C=CCCC1COC(c2ccc3c(F)c(CCc4ccc(C(F)(F)F)c(F)c4)ccc3c2)OC1. The first-order valence-electron chi connectivity index (χ1n) is 11.2. The molecule has 34 heavy (non-hydrogen) atoms. The van der Waals surface area contributed by atoms with Crippen LogP contribution < -0.4 is 0 Å². The molecular formula is C27H25F5O2. The van der Waals surface area contributed by atoms with Crippen molar-refractivity contribution in [2.75, 3.05) is 13.2 Å². The maximum absolute atomic E-state index is 15.1. The average molecular weight is 476 g/mol. The van der Waals surface area contributed by atoms with E-state index >= 15 is 4.39 Å². The van der Waals surface area contributed by atoms with Gasteiger partial charge >= 0.3 is 6.18 Å². The van der Waals surface area contributed by atoms with Crippen LogP contribution in [-0.4, -0.2) is 13.2 Å². The van der Waals surface area contributed by atoms with E-state index in [0.717, 1.165) is 30.5 Å². The molecule has 180 valence electrons. The third-order valence-corrected chi connectivity index (χ3v) is 6.10. The fraction of sp³-hybridized carbons (Fsp3) is 0.333. The summed E-state index contributed by atoms with van der Waals surface area (Å²) in [5.74, 6) is -1.39. The smallest absolute Gasteiger partial charge is 0.348 e. The molecule has 3 aromatic rings. The van der Waals surface area contributed by atoms with Crippen LogP contribution >= 0.6 is 0 Å². The van der Waals surface area contributed by atoms with Gasteiger partial charge in [0.1, 0.15) is 11.6 Å². The number of hydrogen-bond acceptors (Lipinski definition) is 2. The largest absolute Gasteiger partial charge is 0.419 e. The summed E-state index contributed by atoms with van der Waals surface area (Å²) in [7, 11) is 0. The lowest BCUT2D eigenvalue weighted by Crippen LogP contribution is -2.27. The van der Waals surface area contributed by atoms with Crippen LogP contribution in [0.25, 0.3) is 10.8 Å². The Kier molecular flexibility index (Phi) is 7.33. The minimum Gasteiger partial charge on any atom is -0.348 e. The maximum atomic E-state index is 15.1. The van der Waals surface area contributed by atoms with Crippen molar-refractivity contribution in [1.29, 1.82) is 0 Å². The van der Waals surface area contributed by atoms with E-state index in [-0.39, 0.29) is 12.8 Å². The van der Waals surface area contributed by atoms with E-state index in [1.54, 1.807) is 24.3 Å². The second kappa shape index (κ2) is 10.2. The number of halogens is 5. The van der Waals surface area contributed by atoms with Crippen LogP contribution in [0.3, 0.4) is 0 Å². The van der Waals surface area contributed by atoms with Gasteiger partial charge in [-0.1, -0.05) is 36.4 Å². The van der Waals surface area contributed by atoms with Gasteiger partial charge < -0.3 is 9.47 Å². The van der Waals surface area contributed by atoms with E-state index < -0.39 is 29.7 Å². The van der Waals surface area contributed by atoms with Crippen LogP contribution in [0, 0.1) is 17.6 Å². The number of benzene rings is 3. The minimum atomic E-state index is -4.74. The molecule has 3 aromatic carbocycles. The van der Waals surface area contributed by atoms with Crippen molar-refractivity contribution in [3.8, 4) is 0 Å². The van der Waals surface area contributed by atoms with Gasteiger partial charge in [0.25, 0.3) is 0 Å². The lowest BCUT2D eigenvalue weighted by Gasteiger charge is -2.29. The molecule has 0 spiro atoms. The highest BCUT2D eigenvalue weighted by Gasteiger charge is 2.33. The van der Waals surface area contributed by atoms with E-state index in [0.29, 0.717) is 41.0 Å². The van der Waals surface area contributed by atoms with Gasteiger partial charge in [-0.2, -0.15) is 13.2 Å². The molecule has 0 atom stereocenters. The Morgan fingerprint density at radius 1 is 0.941 bits per heavy atom. The second-order valence-corrected chi connectivity index (χ2v) is 8.56. The molecule has 1 aliphatic heterocycles. The van der Waals surface area contributed by atoms with Gasteiger partial charge in [-0.3, -0.25) is 0 Å². The molecule has 0 unspecified atom stereocenters. The van der Waals surface area contributed by atoms with Gasteiger partial charge in [-0.15, -0.1) is 6.58 Å². The Balaban J connectivity index is 1.44. The zero-order chi connectivity index (χ0) is 24.3. The van der Waals surface area contributed by atoms with Crippen LogP contribution in [-0.2, 0) is 28.5 Å². The monoisotopic (exact) mass is 476 g/mol. The summed E-state index contributed by atoms with van der Waals surface area (Å²) in [5.41, 5.74) is 0.290. The Hall–Kier alpha value is -2.77. The molecule has 0 radical (unpaired) electrons. The van der Waals surface area contributed by atoms with Crippen molar-refractivity contribution in [2.24, 2.45) is 5.92 Å². The summed E-state index contributed by atoms with van der Waals surface area (Å²) >= 11 is 0. The quantitative estimate of drug-likeness (QED) is 0.259. The molecule has 4 rings (SSSR count). The maximum Gasteiger partial charge on any atom is 0.419 e. The number of allylic oxidation sites excluding steroid dienone is 1. The molecule has 7 heteroatoms. The molecule has 1 aliphatic rings. The first kappa shape index (κ1) is 24.4. The van der Waals surface area contributed by atoms with Crippen LogP contribution in [0.2, 0.25) is 0 Å². The lowest BCUT2D eigenvalue weighted by molar-refractivity contribution is -0.205. The van der Waals surface area contributed by atoms with Crippen molar-refractivity contribution < 1.29 is 31.4 Å². The number of fused-ring (bicyclic) bond motifs is 1. The van der Waals surface area contributed by atoms with Gasteiger partial charge in [0, 0.05) is 16.9 Å². The Morgan fingerprint density at radius 2 is 1.71 bits per heavy atom. The topological polar surface area (TPSA) is 18.5 Å². The van der Waals surface area contributed by atoms with Crippen molar-refractivity contribution in [3.63, 3.8) is 0 Å². The number of rotatable bonds is 7. The van der Waals surface area contributed by atoms with E-state index in [1.807, 2.05) is 12.1 Å². The molecule has 0 amide bonds. The Labute approximate surface area is 195 Å². The van der Waals surface area contributed by atoms with Gasteiger partial charge in [-0.25, -0.2) is 8.78 Å². The summed E-state index contributed by atoms with van der Waals surface area (Å²) in [6.45, 7) is 4.91. The van der Waals surface area contributed by atoms with Gasteiger partial charge in [0.15, 0.2) is 6.29 Å². The summed E-state index contributed by atoms with van der Waals surface area (Å²) in [4.78, 5) is 0. The van der Waals surface area contributed by atoms with Crippen LogP contribution in [0.4, 0.5) is 22.0 Å². The highest BCUT2D eigenvalue weighted by Crippen LogP contribution is 2.33. The van der Waals surface area contributed by atoms with Gasteiger partial charge in [0.05, 0.1) is 18.8 Å². The number of alkyl halides is 3. The predicted octanol–water partition coefficient (Wildman–Crippen LogP) is 7.55. The third kappa shape index (κ3) is 5.47. The summed E-state index contributed by atoms with van der Waals surface area (Å²) in [6.07, 6.45) is -1.05. The zero-order valence-electron chi connectivity index (χ0n) is 18.5. The highest BCUT2D eigenvalue weighted by molar-refractivity contribution is 5.84. The molecule has 2 nitrogen and oxygen atoms in total.